The minimum absolute atomic E-state index is 0.183. The van der Waals surface area contributed by atoms with Crippen LogP contribution in [0, 0.1) is 0 Å². The zero-order valence-corrected chi connectivity index (χ0v) is 12.6. The van der Waals surface area contributed by atoms with Gasteiger partial charge in [0.25, 0.3) is 0 Å². The minimum atomic E-state index is 0.183. The van der Waals surface area contributed by atoms with Crippen molar-refractivity contribution in [1.29, 1.82) is 0 Å². The molecule has 3 heteroatoms. The fourth-order valence-corrected chi connectivity index (χ4v) is 6.22. The molecule has 0 saturated carbocycles. The van der Waals surface area contributed by atoms with E-state index in [0.29, 0.717) is 8.62 Å². The van der Waals surface area contributed by atoms with Crippen LogP contribution in [-0.4, -0.2) is 17.5 Å². The first kappa shape index (κ1) is 11.0. The molecule has 4 aromatic rings. The van der Waals surface area contributed by atoms with Crippen molar-refractivity contribution in [3.63, 3.8) is 0 Å². The second-order valence-corrected chi connectivity index (χ2v) is 7.90. The van der Waals surface area contributed by atoms with Gasteiger partial charge in [-0.2, -0.15) is 0 Å². The third kappa shape index (κ3) is 1.74. The summed E-state index contributed by atoms with van der Waals surface area (Å²) in [5.41, 5.74) is 3.74. The Balaban J connectivity index is 2.12. The molecule has 4 rings (SSSR count). The fourth-order valence-electron chi connectivity index (χ4n) is 2.68. The molecule has 1 aromatic heterocycles. The van der Waals surface area contributed by atoms with Crippen LogP contribution in [0.25, 0.3) is 32.5 Å². The maximum Gasteiger partial charge on any atom is 0.195 e. The lowest BCUT2D eigenvalue weighted by Gasteiger charge is -2.07. The maximum absolute atomic E-state index is 5.77. The van der Waals surface area contributed by atoms with E-state index in [1.807, 2.05) is 0 Å². The summed E-state index contributed by atoms with van der Waals surface area (Å²) in [4.78, 5) is 1.48. The van der Waals surface area contributed by atoms with Crippen LogP contribution in [-0.2, 0) is 0 Å². The van der Waals surface area contributed by atoms with Gasteiger partial charge in [0.1, 0.15) is 5.58 Å². The number of hydrogen-bond acceptors (Lipinski definition) is 1. The average Bonchev–Trinajstić information content (AvgIpc) is 2.96. The molecule has 0 atom stereocenters. The van der Waals surface area contributed by atoms with Crippen LogP contribution in [0.2, 0.25) is 0 Å². The zero-order valence-electron chi connectivity index (χ0n) is 10.3. The van der Waals surface area contributed by atoms with Gasteiger partial charge in [0, 0.05) is 5.00 Å². The molecular weight excluding hydrogens is 264 g/mol. The van der Waals surface area contributed by atoms with Gasteiger partial charge in [0.2, 0.25) is 0 Å². The van der Waals surface area contributed by atoms with Crippen molar-refractivity contribution in [2.45, 2.75) is 0 Å². The third-order valence-corrected chi connectivity index (χ3v) is 6.85. The molecule has 19 heavy (non-hydrogen) atoms. The van der Waals surface area contributed by atoms with Crippen molar-refractivity contribution >= 4 is 38.9 Å². The Labute approximate surface area is 115 Å². The SMILES string of the molecule is c1ccc(-c2cccc3c2ccc2o[siH][siH]c23)cc1. The molecule has 0 aliphatic carbocycles. The van der Waals surface area contributed by atoms with Crippen LogP contribution in [0.3, 0.4) is 0 Å². The molecule has 0 N–H and O–H groups in total. The lowest BCUT2D eigenvalue weighted by molar-refractivity contribution is 0.733. The predicted octanol–water partition coefficient (Wildman–Crippen LogP) is 3.39. The lowest BCUT2D eigenvalue weighted by atomic mass is 9.98. The molecule has 0 spiro atoms. The molecule has 0 amide bonds. The van der Waals surface area contributed by atoms with Crippen molar-refractivity contribution < 1.29 is 4.10 Å². The largest absolute Gasteiger partial charge is 0.525 e. The van der Waals surface area contributed by atoms with Gasteiger partial charge >= 0.3 is 0 Å². The van der Waals surface area contributed by atoms with Gasteiger partial charge in [-0.15, -0.1) is 0 Å². The quantitative estimate of drug-likeness (QED) is 0.486. The number of rotatable bonds is 1. The van der Waals surface area contributed by atoms with Gasteiger partial charge in [-0.05, 0) is 28.0 Å². The summed E-state index contributed by atoms with van der Waals surface area (Å²) in [6.45, 7) is 0. The molecule has 0 fully saturated rings. The van der Waals surface area contributed by atoms with E-state index >= 15 is 0 Å². The van der Waals surface area contributed by atoms with Gasteiger partial charge in [0.15, 0.2) is 8.88 Å². The lowest BCUT2D eigenvalue weighted by Crippen LogP contribution is -1.82. The molecule has 0 saturated heterocycles. The zero-order chi connectivity index (χ0) is 12.7. The summed E-state index contributed by atoms with van der Waals surface area (Å²) in [5.74, 6) is 0. The molecule has 3 aromatic carbocycles. The highest BCUT2D eigenvalue weighted by Crippen LogP contribution is 2.31. The van der Waals surface area contributed by atoms with Crippen molar-refractivity contribution in [1.82, 2.24) is 0 Å². The fraction of sp³-hybridized carbons (Fsp3) is 0. The molecule has 0 aliphatic rings. The van der Waals surface area contributed by atoms with Crippen LogP contribution in [0.1, 0.15) is 0 Å². The smallest absolute Gasteiger partial charge is 0.195 e. The molecular formula is C16H12OSi2. The molecule has 0 aliphatic heterocycles. The van der Waals surface area contributed by atoms with Crippen molar-refractivity contribution in [3.8, 4) is 11.1 Å². The highest BCUT2D eigenvalue weighted by molar-refractivity contribution is 6.84. The van der Waals surface area contributed by atoms with Crippen molar-refractivity contribution in [3.05, 3.63) is 60.7 Å². The summed E-state index contributed by atoms with van der Waals surface area (Å²) >= 11 is 0. The van der Waals surface area contributed by atoms with E-state index in [4.69, 9.17) is 4.10 Å². The first-order valence-corrected chi connectivity index (χ1v) is 10.1. The summed E-state index contributed by atoms with van der Waals surface area (Å²) in [7, 11) is 0.525. The van der Waals surface area contributed by atoms with Crippen LogP contribution in [0.15, 0.2) is 64.8 Å². The highest BCUT2D eigenvalue weighted by atomic mass is 28.9. The van der Waals surface area contributed by atoms with Crippen LogP contribution >= 0.6 is 0 Å². The Kier molecular flexibility index (Phi) is 2.53. The second-order valence-electron chi connectivity index (χ2n) is 4.66. The van der Waals surface area contributed by atoms with Gasteiger partial charge in [-0.1, -0.05) is 54.6 Å². The third-order valence-electron chi connectivity index (χ3n) is 3.58. The normalized spacial score (nSPS) is 11.2. The van der Waals surface area contributed by atoms with Crippen molar-refractivity contribution in [2.75, 3.05) is 0 Å². The van der Waals surface area contributed by atoms with E-state index in [-0.39, 0.29) is 8.88 Å². The molecule has 1 nitrogen and oxygen atoms in total. The van der Waals surface area contributed by atoms with Crippen molar-refractivity contribution in [2.24, 2.45) is 0 Å². The summed E-state index contributed by atoms with van der Waals surface area (Å²) < 4.78 is 5.77. The molecule has 1 heterocycles. The monoisotopic (exact) mass is 276 g/mol. The van der Waals surface area contributed by atoms with E-state index in [9.17, 15) is 0 Å². The molecule has 0 bridgehead atoms. The van der Waals surface area contributed by atoms with E-state index in [0.717, 1.165) is 5.58 Å². The molecule has 0 unspecified atom stereocenters. The van der Waals surface area contributed by atoms with E-state index in [1.165, 1.54) is 26.9 Å². The van der Waals surface area contributed by atoms with Gasteiger partial charge in [0.05, 0.1) is 8.62 Å². The van der Waals surface area contributed by atoms with Gasteiger partial charge in [-0.25, -0.2) is 0 Å². The Morgan fingerprint density at radius 3 is 2.53 bits per heavy atom. The molecule has 0 radical (unpaired) electrons. The van der Waals surface area contributed by atoms with Crippen LogP contribution < -0.4 is 0 Å². The summed E-state index contributed by atoms with van der Waals surface area (Å²) in [6, 6.07) is 21.6. The van der Waals surface area contributed by atoms with Gasteiger partial charge in [-0.3, -0.25) is 0 Å². The predicted molar refractivity (Wildman–Crippen MR) is 84.6 cm³/mol. The Hall–Kier alpha value is -1.85. The van der Waals surface area contributed by atoms with E-state index < -0.39 is 0 Å². The van der Waals surface area contributed by atoms with E-state index in [2.05, 4.69) is 60.7 Å². The highest BCUT2D eigenvalue weighted by Gasteiger charge is 2.07. The van der Waals surface area contributed by atoms with E-state index in [1.54, 1.807) is 0 Å². The minimum Gasteiger partial charge on any atom is -0.525 e. The molecule has 90 valence electrons. The first-order valence-electron chi connectivity index (χ1n) is 6.38. The Bertz CT molecular complexity index is 866. The average molecular weight is 276 g/mol. The standard InChI is InChI=1S/C16H12OSi2/c1-2-5-11(6-3-1)12-7-4-8-14-13(12)9-10-15-16(14)18-19-17-15/h1-10,18-19H. The summed E-state index contributed by atoms with van der Waals surface area (Å²) in [6.07, 6.45) is 0. The summed E-state index contributed by atoms with van der Waals surface area (Å²) in [5, 5.41) is 2.74. The van der Waals surface area contributed by atoms with Gasteiger partial charge < -0.3 is 4.10 Å². The second kappa shape index (κ2) is 4.36. The van der Waals surface area contributed by atoms with Crippen LogP contribution in [0.5, 0.6) is 0 Å². The maximum atomic E-state index is 5.77. The Morgan fingerprint density at radius 1 is 0.737 bits per heavy atom. The Morgan fingerprint density at radius 2 is 1.63 bits per heavy atom. The number of hydrogen-bond donors (Lipinski definition) is 0. The topological polar surface area (TPSA) is 13.1 Å². The number of benzene rings is 3. The first-order chi connectivity index (χ1) is 9.43. The number of fused-ring (bicyclic) bond motifs is 3. The van der Waals surface area contributed by atoms with Crippen LogP contribution in [0.4, 0.5) is 0 Å².